The molecule has 0 spiro atoms. The van der Waals surface area contributed by atoms with Gasteiger partial charge in [-0.2, -0.15) is 0 Å². The quantitative estimate of drug-likeness (QED) is 0.300. The number of amides is 2. The summed E-state index contributed by atoms with van der Waals surface area (Å²) in [6, 6.07) is 21.4. The fraction of sp³-hybridized carbons (Fsp3) is 0.0769. The minimum absolute atomic E-state index is 0.133. The van der Waals surface area contributed by atoms with Crippen LogP contribution in [-0.4, -0.2) is 20.6 Å². The number of imide groups is 1. The first-order valence-electron chi connectivity index (χ1n) is 10.3. The van der Waals surface area contributed by atoms with E-state index in [4.69, 9.17) is 11.6 Å². The van der Waals surface area contributed by atoms with Crippen molar-refractivity contribution in [3.05, 3.63) is 111 Å². The second-order valence-corrected chi connectivity index (χ2v) is 9.12. The van der Waals surface area contributed by atoms with Crippen molar-refractivity contribution >= 4 is 51.5 Å². The monoisotopic (exact) mass is 476 g/mol. The van der Waals surface area contributed by atoms with E-state index in [1.165, 1.54) is 17.0 Å². The summed E-state index contributed by atoms with van der Waals surface area (Å²) in [6.45, 7) is 0.691. The van der Waals surface area contributed by atoms with Gasteiger partial charge in [-0.1, -0.05) is 60.1 Å². The number of benzene rings is 3. The molecule has 3 aromatic carbocycles. The highest BCUT2D eigenvalue weighted by Crippen LogP contribution is 2.35. The second kappa shape index (κ2) is 8.89. The van der Waals surface area contributed by atoms with Crippen molar-refractivity contribution in [2.24, 2.45) is 0 Å². The van der Waals surface area contributed by atoms with Gasteiger partial charge in [0.05, 0.1) is 11.4 Å². The van der Waals surface area contributed by atoms with Crippen LogP contribution in [0.15, 0.2) is 83.9 Å². The average molecular weight is 477 g/mol. The number of carbonyl (C=O) groups excluding carboxylic acids is 2. The lowest BCUT2D eigenvalue weighted by molar-refractivity contribution is -0.123. The highest BCUT2D eigenvalue weighted by molar-refractivity contribution is 8.18. The number of halogens is 2. The fourth-order valence-electron chi connectivity index (χ4n) is 3.88. The van der Waals surface area contributed by atoms with Crippen molar-refractivity contribution in [2.45, 2.75) is 13.1 Å². The van der Waals surface area contributed by atoms with Crippen LogP contribution in [0.4, 0.5) is 9.18 Å². The number of para-hydroxylation sites is 1. The van der Waals surface area contributed by atoms with Crippen molar-refractivity contribution in [2.75, 3.05) is 0 Å². The molecule has 7 heteroatoms. The third kappa shape index (κ3) is 4.32. The topological polar surface area (TPSA) is 42.3 Å². The van der Waals surface area contributed by atoms with E-state index in [-0.39, 0.29) is 23.5 Å². The van der Waals surface area contributed by atoms with Gasteiger partial charge in [-0.05, 0) is 53.2 Å². The first-order valence-corrected chi connectivity index (χ1v) is 11.5. The van der Waals surface area contributed by atoms with Gasteiger partial charge in [-0.25, -0.2) is 4.39 Å². The minimum atomic E-state index is -0.333. The van der Waals surface area contributed by atoms with E-state index >= 15 is 0 Å². The van der Waals surface area contributed by atoms with Crippen molar-refractivity contribution < 1.29 is 14.0 Å². The van der Waals surface area contributed by atoms with E-state index in [1.54, 1.807) is 36.4 Å². The van der Waals surface area contributed by atoms with Crippen LogP contribution in [0.3, 0.4) is 0 Å². The summed E-state index contributed by atoms with van der Waals surface area (Å²) in [7, 11) is 0. The molecule has 0 N–H and O–H groups in total. The average Bonchev–Trinajstić information content (AvgIpc) is 3.29. The molecular weight excluding hydrogens is 459 g/mol. The van der Waals surface area contributed by atoms with Gasteiger partial charge in [-0.15, -0.1) is 0 Å². The summed E-state index contributed by atoms with van der Waals surface area (Å²) in [4.78, 5) is 27.2. The molecule has 4 aromatic rings. The predicted octanol–water partition coefficient (Wildman–Crippen LogP) is 6.72. The Balaban J connectivity index is 1.46. The Morgan fingerprint density at radius 1 is 0.909 bits per heavy atom. The van der Waals surface area contributed by atoms with Gasteiger partial charge in [0.1, 0.15) is 5.82 Å². The second-order valence-electron chi connectivity index (χ2n) is 7.72. The SMILES string of the molecule is O=C1S/C(=C\c2cn(Cc3ccc(F)cc3)c3ccccc23)C(=O)N1Cc1ccccc1Cl. The summed E-state index contributed by atoms with van der Waals surface area (Å²) < 4.78 is 15.3. The van der Waals surface area contributed by atoms with Gasteiger partial charge in [0.2, 0.25) is 0 Å². The Labute approximate surface area is 199 Å². The number of rotatable bonds is 5. The number of thioether (sulfide) groups is 1. The van der Waals surface area contributed by atoms with Crippen LogP contribution in [0.25, 0.3) is 17.0 Å². The zero-order chi connectivity index (χ0) is 22.9. The Bertz CT molecular complexity index is 1410. The third-order valence-corrected chi connectivity index (χ3v) is 6.81. The lowest BCUT2D eigenvalue weighted by Gasteiger charge is -2.13. The minimum Gasteiger partial charge on any atom is -0.342 e. The van der Waals surface area contributed by atoms with Gasteiger partial charge < -0.3 is 4.57 Å². The molecule has 0 bridgehead atoms. The number of fused-ring (bicyclic) bond motifs is 1. The van der Waals surface area contributed by atoms with E-state index < -0.39 is 0 Å². The van der Waals surface area contributed by atoms with Crippen LogP contribution in [0.5, 0.6) is 0 Å². The summed E-state index contributed by atoms with van der Waals surface area (Å²) >= 11 is 7.14. The molecule has 1 saturated heterocycles. The number of hydrogen-bond donors (Lipinski definition) is 0. The molecule has 0 aliphatic carbocycles. The van der Waals surface area contributed by atoms with Gasteiger partial charge in [0.25, 0.3) is 11.1 Å². The molecule has 2 heterocycles. The van der Waals surface area contributed by atoms with Gasteiger partial charge in [0.15, 0.2) is 0 Å². The van der Waals surface area contributed by atoms with Crippen LogP contribution >= 0.6 is 23.4 Å². The molecular formula is C26H18ClFN2O2S. The van der Waals surface area contributed by atoms with Crippen LogP contribution in [-0.2, 0) is 17.9 Å². The molecule has 5 rings (SSSR count). The molecule has 1 aromatic heterocycles. The zero-order valence-corrected chi connectivity index (χ0v) is 18.9. The number of carbonyl (C=O) groups is 2. The highest BCUT2D eigenvalue weighted by Gasteiger charge is 2.35. The Morgan fingerprint density at radius 3 is 2.42 bits per heavy atom. The molecule has 164 valence electrons. The summed E-state index contributed by atoms with van der Waals surface area (Å²) in [5.74, 6) is -0.607. The molecule has 0 saturated carbocycles. The van der Waals surface area contributed by atoms with Crippen molar-refractivity contribution in [3.63, 3.8) is 0 Å². The highest BCUT2D eigenvalue weighted by atomic mass is 35.5. The standard InChI is InChI=1S/C26H18ClFN2O2S/c27-22-7-3-1-5-18(22)16-30-25(31)24(33-26(30)32)13-19-15-29(23-8-4-2-6-21(19)23)14-17-9-11-20(28)12-10-17/h1-13,15H,14,16H2/b24-13-. The van der Waals surface area contributed by atoms with E-state index in [2.05, 4.69) is 4.57 Å². The maximum atomic E-state index is 13.3. The maximum absolute atomic E-state index is 13.3. The van der Waals surface area contributed by atoms with Gasteiger partial charge in [-0.3, -0.25) is 14.5 Å². The molecule has 1 aliphatic rings. The summed E-state index contributed by atoms with van der Waals surface area (Å²) in [6.07, 6.45) is 3.72. The number of hydrogen-bond acceptors (Lipinski definition) is 3. The molecule has 33 heavy (non-hydrogen) atoms. The largest absolute Gasteiger partial charge is 0.342 e. The molecule has 4 nitrogen and oxygen atoms in total. The Morgan fingerprint density at radius 2 is 1.64 bits per heavy atom. The first kappa shape index (κ1) is 21.5. The lowest BCUT2D eigenvalue weighted by Crippen LogP contribution is -2.27. The molecule has 0 unspecified atom stereocenters. The third-order valence-electron chi connectivity index (χ3n) is 5.53. The van der Waals surface area contributed by atoms with Crippen molar-refractivity contribution in [3.8, 4) is 0 Å². The fourth-order valence-corrected chi connectivity index (χ4v) is 4.91. The first-order chi connectivity index (χ1) is 16.0. The van der Waals surface area contributed by atoms with Crippen LogP contribution < -0.4 is 0 Å². The van der Waals surface area contributed by atoms with Gasteiger partial charge >= 0.3 is 0 Å². The normalized spacial score (nSPS) is 15.2. The lowest BCUT2D eigenvalue weighted by atomic mass is 10.1. The van der Waals surface area contributed by atoms with E-state index in [0.29, 0.717) is 16.5 Å². The number of nitrogens with zero attached hydrogens (tertiary/aromatic N) is 2. The van der Waals surface area contributed by atoms with Crippen LogP contribution in [0, 0.1) is 5.82 Å². The van der Waals surface area contributed by atoms with E-state index in [1.807, 2.05) is 36.5 Å². The summed E-state index contributed by atoms with van der Waals surface area (Å²) in [5.41, 5.74) is 3.52. The molecule has 1 fully saturated rings. The van der Waals surface area contributed by atoms with Crippen LogP contribution in [0.1, 0.15) is 16.7 Å². The zero-order valence-electron chi connectivity index (χ0n) is 17.4. The Kier molecular flexibility index (Phi) is 5.79. The molecule has 0 radical (unpaired) electrons. The molecule has 1 aliphatic heterocycles. The van der Waals surface area contributed by atoms with E-state index in [9.17, 15) is 14.0 Å². The smallest absolute Gasteiger partial charge is 0.293 e. The predicted molar refractivity (Wildman–Crippen MR) is 130 cm³/mol. The maximum Gasteiger partial charge on any atom is 0.293 e. The van der Waals surface area contributed by atoms with Crippen molar-refractivity contribution in [1.29, 1.82) is 0 Å². The van der Waals surface area contributed by atoms with Crippen molar-refractivity contribution in [1.82, 2.24) is 9.47 Å². The molecule has 2 amide bonds. The number of aromatic nitrogens is 1. The van der Waals surface area contributed by atoms with Crippen LogP contribution in [0.2, 0.25) is 5.02 Å². The molecule has 0 atom stereocenters. The van der Waals surface area contributed by atoms with Gasteiger partial charge in [0, 0.05) is 34.2 Å². The van der Waals surface area contributed by atoms with E-state index in [0.717, 1.165) is 39.4 Å². The summed E-state index contributed by atoms with van der Waals surface area (Å²) in [5, 5.41) is 1.17. The Hall–Kier alpha value is -3.35.